The molecule has 0 aliphatic carbocycles. The molecule has 1 aromatic heterocycles. The number of amides is 1. The number of fused-ring (bicyclic) bond motifs is 1. The van der Waals surface area contributed by atoms with E-state index in [1.165, 1.54) is 5.56 Å². The van der Waals surface area contributed by atoms with Crippen molar-refractivity contribution in [1.29, 1.82) is 0 Å². The first-order valence-corrected chi connectivity index (χ1v) is 11.7. The zero-order chi connectivity index (χ0) is 24.7. The average molecular weight is 465 g/mol. The molecule has 1 N–H and O–H groups in total. The first kappa shape index (κ1) is 25.7. The van der Waals surface area contributed by atoms with Crippen LogP contribution in [0.15, 0.2) is 42.6 Å². The van der Waals surface area contributed by atoms with Crippen LogP contribution in [0, 0.1) is 17.8 Å². The van der Waals surface area contributed by atoms with E-state index in [1.807, 2.05) is 44.1 Å². The highest BCUT2D eigenvalue weighted by Crippen LogP contribution is 2.27. The van der Waals surface area contributed by atoms with Crippen LogP contribution >= 0.6 is 0 Å². The van der Waals surface area contributed by atoms with E-state index in [9.17, 15) is 9.90 Å². The topological polar surface area (TPSA) is 69.1 Å². The molecule has 3 atom stereocenters. The molecule has 2 aromatic rings. The van der Waals surface area contributed by atoms with E-state index in [4.69, 9.17) is 4.74 Å². The zero-order valence-corrected chi connectivity index (χ0v) is 20.9. The Morgan fingerprint density at radius 2 is 2.00 bits per heavy atom. The summed E-state index contributed by atoms with van der Waals surface area (Å²) in [6.07, 6.45) is 1.48. The van der Waals surface area contributed by atoms with Gasteiger partial charge in [0.1, 0.15) is 11.7 Å². The number of pyridine rings is 1. The van der Waals surface area contributed by atoms with Crippen LogP contribution in [0.2, 0.25) is 0 Å². The maximum Gasteiger partial charge on any atom is 0.259 e. The van der Waals surface area contributed by atoms with Crippen LogP contribution in [0.4, 0.5) is 0 Å². The van der Waals surface area contributed by atoms with Gasteiger partial charge in [0.2, 0.25) is 5.88 Å². The first-order chi connectivity index (χ1) is 16.3. The lowest BCUT2D eigenvalue weighted by Gasteiger charge is -2.37. The molecule has 0 saturated heterocycles. The number of aliphatic hydroxyl groups is 1. The lowest BCUT2D eigenvalue weighted by atomic mass is 9.99. The lowest BCUT2D eigenvalue weighted by molar-refractivity contribution is 0.0325. The minimum absolute atomic E-state index is 0.0469. The second kappa shape index (κ2) is 12.0. The number of aromatic nitrogens is 1. The van der Waals surface area contributed by atoms with Crippen molar-refractivity contribution in [1.82, 2.24) is 19.7 Å². The summed E-state index contributed by atoms with van der Waals surface area (Å²) in [6.45, 7) is 6.40. The van der Waals surface area contributed by atoms with Crippen molar-refractivity contribution in [2.75, 3.05) is 47.4 Å². The van der Waals surface area contributed by atoms with Crippen molar-refractivity contribution in [2.45, 2.75) is 32.5 Å². The van der Waals surface area contributed by atoms with E-state index in [0.717, 1.165) is 6.54 Å². The van der Waals surface area contributed by atoms with Crippen LogP contribution in [0.1, 0.15) is 35.3 Å². The Labute approximate surface area is 203 Å². The smallest absolute Gasteiger partial charge is 0.259 e. The third-order valence-corrected chi connectivity index (χ3v) is 5.94. The monoisotopic (exact) mass is 464 g/mol. The number of likely N-dealkylation sites (N-methyl/N-ethyl adjacent to an activating group) is 1. The maximum atomic E-state index is 13.5. The molecule has 7 heteroatoms. The molecule has 1 amide bonds. The first-order valence-electron chi connectivity index (χ1n) is 11.7. The van der Waals surface area contributed by atoms with Gasteiger partial charge in [0.15, 0.2) is 0 Å². The Morgan fingerprint density at radius 3 is 2.68 bits per heavy atom. The second-order valence-corrected chi connectivity index (χ2v) is 9.42. The van der Waals surface area contributed by atoms with Gasteiger partial charge < -0.3 is 14.7 Å². The van der Waals surface area contributed by atoms with E-state index in [0.29, 0.717) is 36.6 Å². The lowest BCUT2D eigenvalue weighted by Crippen LogP contribution is -2.49. The Bertz CT molecular complexity index is 1020. The minimum atomic E-state index is -0.313. The maximum absolute atomic E-state index is 13.5. The van der Waals surface area contributed by atoms with Gasteiger partial charge in [-0.05, 0) is 39.7 Å². The number of carbonyl (C=O) groups is 1. The zero-order valence-electron chi connectivity index (χ0n) is 20.9. The number of rotatable bonds is 7. The number of nitrogens with zero attached hydrogens (tertiary/aromatic N) is 4. The minimum Gasteiger partial charge on any atom is -0.472 e. The van der Waals surface area contributed by atoms with Crippen molar-refractivity contribution in [3.63, 3.8) is 0 Å². The van der Waals surface area contributed by atoms with E-state index >= 15 is 0 Å². The molecule has 0 bridgehead atoms. The fourth-order valence-electron chi connectivity index (χ4n) is 3.96. The predicted octanol–water partition coefficient (Wildman–Crippen LogP) is 2.35. The van der Waals surface area contributed by atoms with Crippen molar-refractivity contribution in [3.05, 3.63) is 59.3 Å². The third kappa shape index (κ3) is 6.80. The molecule has 0 fully saturated rings. The van der Waals surface area contributed by atoms with Gasteiger partial charge in [-0.2, -0.15) is 0 Å². The third-order valence-electron chi connectivity index (χ3n) is 5.94. The van der Waals surface area contributed by atoms with E-state index in [2.05, 4.69) is 47.8 Å². The summed E-state index contributed by atoms with van der Waals surface area (Å²) in [6, 6.07) is 11.8. The summed E-state index contributed by atoms with van der Waals surface area (Å²) in [4.78, 5) is 23.9. The van der Waals surface area contributed by atoms with E-state index in [-0.39, 0.29) is 30.6 Å². The standard InChI is InChI=1S/C27H36N4O3/c1-20-16-31(21(2)19-32)27(33)24-14-23(12-9-13-29(3)4)15-28-26(24)34-25(20)18-30(5)17-22-10-7-6-8-11-22/h6-8,10-11,14-15,20-21,25,32H,13,16-19H2,1-5H3/t20-,21+,25-/m0/s1. The molecule has 2 heterocycles. The van der Waals surface area contributed by atoms with Crippen LogP contribution in [-0.4, -0.2) is 90.2 Å². The summed E-state index contributed by atoms with van der Waals surface area (Å²) >= 11 is 0. The van der Waals surface area contributed by atoms with Gasteiger partial charge in [-0.3, -0.25) is 14.6 Å². The van der Waals surface area contributed by atoms with E-state index < -0.39 is 0 Å². The molecule has 0 unspecified atom stereocenters. The van der Waals surface area contributed by atoms with Gasteiger partial charge in [0.25, 0.3) is 5.91 Å². The molecule has 182 valence electrons. The highest BCUT2D eigenvalue weighted by Gasteiger charge is 2.34. The summed E-state index contributed by atoms with van der Waals surface area (Å²) in [5, 5.41) is 9.82. The molecule has 1 aromatic carbocycles. The number of hydrogen-bond acceptors (Lipinski definition) is 6. The summed E-state index contributed by atoms with van der Waals surface area (Å²) in [5.74, 6) is 6.34. The molecular weight excluding hydrogens is 428 g/mol. The van der Waals surface area contributed by atoms with Crippen molar-refractivity contribution in [2.24, 2.45) is 5.92 Å². The molecule has 0 saturated carbocycles. The van der Waals surface area contributed by atoms with Gasteiger partial charge >= 0.3 is 0 Å². The fraction of sp³-hybridized carbons (Fsp3) is 0.481. The molecular formula is C27H36N4O3. The second-order valence-electron chi connectivity index (χ2n) is 9.42. The van der Waals surface area contributed by atoms with Crippen LogP contribution < -0.4 is 4.74 Å². The van der Waals surface area contributed by atoms with Crippen molar-refractivity contribution < 1.29 is 14.6 Å². The van der Waals surface area contributed by atoms with Crippen molar-refractivity contribution in [3.8, 4) is 17.7 Å². The summed E-state index contributed by atoms with van der Waals surface area (Å²) in [7, 11) is 5.98. The van der Waals surface area contributed by atoms with Crippen molar-refractivity contribution >= 4 is 5.91 Å². The van der Waals surface area contributed by atoms with Gasteiger partial charge in [-0.25, -0.2) is 4.98 Å². The van der Waals surface area contributed by atoms with E-state index in [1.54, 1.807) is 17.2 Å². The number of aliphatic hydroxyl groups excluding tert-OH is 1. The molecule has 0 radical (unpaired) electrons. The Hall–Kier alpha value is -2.92. The number of ether oxygens (including phenoxy) is 1. The molecule has 1 aliphatic rings. The summed E-state index contributed by atoms with van der Waals surface area (Å²) < 4.78 is 6.37. The largest absolute Gasteiger partial charge is 0.472 e. The Morgan fingerprint density at radius 1 is 1.26 bits per heavy atom. The number of carbonyl (C=O) groups excluding carboxylic acids is 1. The molecule has 3 rings (SSSR count). The average Bonchev–Trinajstić information content (AvgIpc) is 2.81. The highest BCUT2D eigenvalue weighted by molar-refractivity contribution is 5.97. The van der Waals surface area contributed by atoms with Gasteiger partial charge in [0, 0.05) is 37.3 Å². The SMILES string of the molecule is C[C@H](CO)N1C[C@H](C)[C@H](CN(C)Cc2ccccc2)Oc2ncc(C#CCN(C)C)cc2C1=O. The Kier molecular flexibility index (Phi) is 9.05. The molecule has 7 nitrogen and oxygen atoms in total. The van der Waals surface area contributed by atoms with Gasteiger partial charge in [0.05, 0.1) is 19.2 Å². The van der Waals surface area contributed by atoms with Crippen LogP contribution in [0.3, 0.4) is 0 Å². The van der Waals surface area contributed by atoms with Crippen LogP contribution in [0.25, 0.3) is 0 Å². The van der Waals surface area contributed by atoms with Crippen LogP contribution in [-0.2, 0) is 6.54 Å². The van der Waals surface area contributed by atoms with Crippen LogP contribution in [0.5, 0.6) is 5.88 Å². The predicted molar refractivity (Wildman–Crippen MR) is 134 cm³/mol. The number of benzene rings is 1. The Balaban J connectivity index is 1.89. The highest BCUT2D eigenvalue weighted by atomic mass is 16.5. The fourth-order valence-corrected chi connectivity index (χ4v) is 3.96. The van der Waals surface area contributed by atoms with Gasteiger partial charge in [-0.1, -0.05) is 49.1 Å². The molecule has 0 spiro atoms. The number of hydrogen-bond donors (Lipinski definition) is 1. The molecule has 1 aliphatic heterocycles. The normalized spacial score (nSPS) is 19.1. The summed E-state index contributed by atoms with van der Waals surface area (Å²) in [5.41, 5.74) is 2.29. The van der Waals surface area contributed by atoms with Gasteiger partial charge in [-0.15, -0.1) is 0 Å². The quantitative estimate of drug-likeness (QED) is 0.635. The molecule has 34 heavy (non-hydrogen) atoms.